The predicted octanol–water partition coefficient (Wildman–Crippen LogP) is 1.03. The largest absolute Gasteiger partial charge is 0.391 e. The van der Waals surface area contributed by atoms with Crippen LogP contribution in [0.2, 0.25) is 0 Å². The van der Waals surface area contributed by atoms with Crippen molar-refractivity contribution in [3.05, 3.63) is 40.9 Å². The van der Waals surface area contributed by atoms with Crippen molar-refractivity contribution < 1.29 is 18.3 Å². The Hall–Kier alpha value is -3.02. The summed E-state index contributed by atoms with van der Waals surface area (Å²) >= 11 is 0. The molecule has 1 aliphatic heterocycles. The first kappa shape index (κ1) is 23.1. The molecular weight excluding hydrogens is 446 g/mol. The number of fused-ring (bicyclic) bond motifs is 1. The van der Waals surface area contributed by atoms with Crippen molar-refractivity contribution in [2.75, 3.05) is 49.8 Å². The van der Waals surface area contributed by atoms with Gasteiger partial charge in [0.15, 0.2) is 9.84 Å². The average molecular weight is 474 g/mol. The molecule has 0 aliphatic carbocycles. The summed E-state index contributed by atoms with van der Waals surface area (Å²) < 4.78 is 31.7. The molecule has 33 heavy (non-hydrogen) atoms. The molecule has 10 nitrogen and oxygen atoms in total. The van der Waals surface area contributed by atoms with Crippen LogP contribution in [0.15, 0.2) is 40.3 Å². The average Bonchev–Trinajstić information content (AvgIpc) is 3.21. The highest BCUT2D eigenvalue weighted by Gasteiger charge is 2.26. The smallest absolute Gasteiger partial charge is 0.264 e. The quantitative estimate of drug-likeness (QED) is 0.484. The van der Waals surface area contributed by atoms with Gasteiger partial charge in [0.1, 0.15) is 11.2 Å². The maximum Gasteiger partial charge on any atom is 0.264 e. The number of nitrogens with zero attached hydrogens (tertiary/aromatic N) is 4. The molecule has 4 rings (SSSR count). The van der Waals surface area contributed by atoms with Crippen LogP contribution in [0.4, 0.5) is 11.5 Å². The summed E-state index contributed by atoms with van der Waals surface area (Å²) in [4.78, 5) is 23.8. The number of hydrogen-bond donors (Lipinski definition) is 2. The summed E-state index contributed by atoms with van der Waals surface area (Å²) in [7, 11) is -0.353. The van der Waals surface area contributed by atoms with Crippen LogP contribution in [0.1, 0.15) is 6.42 Å². The molecule has 0 radical (unpaired) electrons. The lowest BCUT2D eigenvalue weighted by Gasteiger charge is -2.21. The minimum atomic E-state index is -3.55. The monoisotopic (exact) mass is 473 g/mol. The number of β-amino-alcohol motifs (C(OH)–C–C–N with tert-alkyl or cyclic N) is 1. The van der Waals surface area contributed by atoms with Crippen molar-refractivity contribution in [3.8, 4) is 11.3 Å². The van der Waals surface area contributed by atoms with Crippen molar-refractivity contribution in [1.82, 2.24) is 14.5 Å². The van der Waals surface area contributed by atoms with E-state index in [1.54, 1.807) is 38.4 Å². The van der Waals surface area contributed by atoms with Gasteiger partial charge in [-0.15, -0.1) is 0 Å². The standard InChI is InChI=1S/C22H27N5O5S/c1-26-13-24-17-11-16(25-21(20(17)22(26)29)23-7-9-32-2)14-4-5-18(19(10-14)33(3,30)31)27-8-6-15(28)12-27/h4-5,10-11,13,15,28H,6-9,12H2,1-3H3,(H,23,25). The zero-order chi connectivity index (χ0) is 23.8. The summed E-state index contributed by atoms with van der Waals surface area (Å²) in [6.07, 6.45) is 2.72. The van der Waals surface area contributed by atoms with Gasteiger partial charge in [0.05, 0.1) is 40.8 Å². The molecule has 3 heterocycles. The van der Waals surface area contributed by atoms with E-state index in [0.717, 1.165) is 0 Å². The molecular formula is C22H27N5O5S. The van der Waals surface area contributed by atoms with Crippen LogP contribution in [-0.4, -0.2) is 73.8 Å². The predicted molar refractivity (Wildman–Crippen MR) is 127 cm³/mol. The molecule has 1 aromatic carbocycles. The number of rotatable bonds is 7. The third-order valence-corrected chi connectivity index (χ3v) is 6.79. The Morgan fingerprint density at radius 2 is 2.09 bits per heavy atom. The van der Waals surface area contributed by atoms with Crippen molar-refractivity contribution in [2.24, 2.45) is 7.05 Å². The topological polar surface area (TPSA) is 127 Å². The van der Waals surface area contributed by atoms with E-state index in [2.05, 4.69) is 15.3 Å². The van der Waals surface area contributed by atoms with Gasteiger partial charge in [-0.25, -0.2) is 18.4 Å². The van der Waals surface area contributed by atoms with Gasteiger partial charge in [0, 0.05) is 45.6 Å². The number of anilines is 2. The molecule has 0 saturated carbocycles. The second-order valence-electron chi connectivity index (χ2n) is 8.17. The summed E-state index contributed by atoms with van der Waals surface area (Å²) in [6, 6.07) is 6.80. The fourth-order valence-electron chi connectivity index (χ4n) is 3.96. The van der Waals surface area contributed by atoms with Gasteiger partial charge < -0.3 is 24.6 Å². The van der Waals surface area contributed by atoms with Gasteiger partial charge in [0.25, 0.3) is 5.56 Å². The highest BCUT2D eigenvalue weighted by atomic mass is 32.2. The number of hydrogen-bond acceptors (Lipinski definition) is 9. The van der Waals surface area contributed by atoms with Crippen molar-refractivity contribution in [3.63, 3.8) is 0 Å². The Kier molecular flexibility index (Phi) is 6.37. The number of benzene rings is 1. The minimum Gasteiger partial charge on any atom is -0.391 e. The number of sulfone groups is 1. The molecule has 2 N–H and O–H groups in total. The van der Waals surface area contributed by atoms with Crippen LogP contribution < -0.4 is 15.8 Å². The van der Waals surface area contributed by atoms with E-state index in [1.807, 2.05) is 4.90 Å². The van der Waals surface area contributed by atoms with Crippen LogP contribution in [0.3, 0.4) is 0 Å². The van der Waals surface area contributed by atoms with E-state index in [9.17, 15) is 18.3 Å². The van der Waals surface area contributed by atoms with Gasteiger partial charge >= 0.3 is 0 Å². The van der Waals surface area contributed by atoms with E-state index < -0.39 is 15.9 Å². The first-order valence-corrected chi connectivity index (χ1v) is 12.4. The molecule has 11 heteroatoms. The van der Waals surface area contributed by atoms with Gasteiger partial charge in [-0.05, 0) is 24.6 Å². The summed E-state index contributed by atoms with van der Waals surface area (Å²) in [5.74, 6) is 0.362. The maximum absolute atomic E-state index is 12.7. The van der Waals surface area contributed by atoms with Gasteiger partial charge in [0.2, 0.25) is 0 Å². The van der Waals surface area contributed by atoms with E-state index >= 15 is 0 Å². The van der Waals surface area contributed by atoms with Crippen LogP contribution in [-0.2, 0) is 21.6 Å². The van der Waals surface area contributed by atoms with Crippen LogP contribution >= 0.6 is 0 Å². The molecule has 176 valence electrons. The number of ether oxygens (including phenoxy) is 1. The number of aromatic nitrogens is 3. The van der Waals surface area contributed by atoms with Gasteiger partial charge in [-0.3, -0.25) is 4.79 Å². The maximum atomic E-state index is 12.7. The number of methoxy groups -OCH3 is 1. The van der Waals surface area contributed by atoms with Crippen molar-refractivity contribution >= 4 is 32.2 Å². The minimum absolute atomic E-state index is 0.168. The molecule has 1 aliphatic rings. The molecule has 1 saturated heterocycles. The third kappa shape index (κ3) is 4.70. The molecule has 0 bridgehead atoms. The van der Waals surface area contributed by atoms with Crippen molar-refractivity contribution in [1.29, 1.82) is 0 Å². The number of pyridine rings is 1. The lowest BCUT2D eigenvalue weighted by molar-refractivity contribution is 0.198. The fourth-order valence-corrected chi connectivity index (χ4v) is 4.88. The molecule has 3 aromatic rings. The summed E-state index contributed by atoms with van der Waals surface area (Å²) in [5.41, 5.74) is 1.84. The van der Waals surface area contributed by atoms with Crippen LogP contribution in [0, 0.1) is 0 Å². The zero-order valence-corrected chi connectivity index (χ0v) is 19.6. The molecule has 1 atom stereocenters. The Balaban J connectivity index is 1.86. The Labute approximate surface area is 191 Å². The van der Waals surface area contributed by atoms with Crippen LogP contribution in [0.25, 0.3) is 22.2 Å². The lowest BCUT2D eigenvalue weighted by Crippen LogP contribution is -2.23. The normalized spacial score (nSPS) is 16.5. The highest BCUT2D eigenvalue weighted by Crippen LogP contribution is 2.33. The molecule has 1 fully saturated rings. The Morgan fingerprint density at radius 1 is 1.30 bits per heavy atom. The first-order valence-electron chi connectivity index (χ1n) is 10.6. The lowest BCUT2D eigenvalue weighted by atomic mass is 10.1. The third-order valence-electron chi connectivity index (χ3n) is 5.66. The van der Waals surface area contributed by atoms with E-state index in [0.29, 0.717) is 66.3 Å². The SMILES string of the molecule is COCCNc1nc(-c2ccc(N3CCC(O)C3)c(S(C)(=O)=O)c2)cc2ncn(C)c(=O)c12. The highest BCUT2D eigenvalue weighted by molar-refractivity contribution is 7.90. The number of aliphatic hydroxyl groups excluding tert-OH is 1. The van der Waals surface area contributed by atoms with E-state index in [1.165, 1.54) is 17.2 Å². The van der Waals surface area contributed by atoms with Gasteiger partial charge in [-0.2, -0.15) is 0 Å². The Morgan fingerprint density at radius 3 is 2.76 bits per heavy atom. The second-order valence-corrected chi connectivity index (χ2v) is 10.2. The number of aryl methyl sites for hydroxylation is 1. The second kappa shape index (κ2) is 9.08. The molecule has 0 spiro atoms. The van der Waals surface area contributed by atoms with Gasteiger partial charge in [-0.1, -0.05) is 6.07 Å². The van der Waals surface area contributed by atoms with E-state index in [-0.39, 0.29) is 10.5 Å². The van der Waals surface area contributed by atoms with Crippen LogP contribution in [0.5, 0.6) is 0 Å². The Bertz CT molecular complexity index is 1360. The molecule has 1 unspecified atom stereocenters. The summed E-state index contributed by atoms with van der Waals surface area (Å²) in [6.45, 7) is 1.82. The first-order chi connectivity index (χ1) is 15.7. The van der Waals surface area contributed by atoms with E-state index in [4.69, 9.17) is 4.74 Å². The number of nitrogens with one attached hydrogen (secondary N) is 1. The number of aliphatic hydroxyl groups is 1. The molecule has 0 amide bonds. The molecule has 2 aromatic heterocycles. The summed E-state index contributed by atoms with van der Waals surface area (Å²) in [5, 5.41) is 13.4. The fraction of sp³-hybridized carbons (Fsp3) is 0.409. The van der Waals surface area contributed by atoms with Crippen molar-refractivity contribution in [2.45, 2.75) is 17.4 Å². The zero-order valence-electron chi connectivity index (χ0n) is 18.8.